The lowest BCUT2D eigenvalue weighted by molar-refractivity contribution is 0.00589. The lowest BCUT2D eigenvalue weighted by atomic mass is 10.2. The molecule has 2 rings (SSSR count). The highest BCUT2D eigenvalue weighted by molar-refractivity contribution is 9.10. The molecule has 0 radical (unpaired) electrons. The second kappa shape index (κ2) is 7.38. The Hall–Kier alpha value is -1.83. The highest BCUT2D eigenvalue weighted by atomic mass is 79.9. The Balaban J connectivity index is 1.91. The molecule has 7 nitrogen and oxygen atoms in total. The van der Waals surface area contributed by atoms with Gasteiger partial charge < -0.3 is 14.5 Å². The third-order valence-electron chi connectivity index (χ3n) is 3.51. The third kappa shape index (κ3) is 5.09. The Kier molecular flexibility index (Phi) is 5.69. The summed E-state index contributed by atoms with van der Waals surface area (Å²) in [6.07, 6.45) is 1.28. The van der Waals surface area contributed by atoms with Crippen molar-refractivity contribution in [3.8, 4) is 0 Å². The molecule has 2 heterocycles. The molecule has 1 unspecified atom stereocenters. The van der Waals surface area contributed by atoms with Crippen molar-refractivity contribution in [3.05, 3.63) is 22.8 Å². The molecule has 24 heavy (non-hydrogen) atoms. The summed E-state index contributed by atoms with van der Waals surface area (Å²) in [4.78, 5) is 32.0. The van der Waals surface area contributed by atoms with Crippen molar-refractivity contribution in [2.45, 2.75) is 39.3 Å². The SMILES string of the molecule is CC1CN(C(=O)Nc2ccc(Br)cn2)CCN1C(=O)OC(C)(C)C. The highest BCUT2D eigenvalue weighted by Crippen LogP contribution is 2.17. The van der Waals surface area contributed by atoms with Crippen molar-refractivity contribution in [1.29, 1.82) is 0 Å². The number of ether oxygens (including phenoxy) is 1. The first-order valence-corrected chi connectivity index (χ1v) is 8.62. The van der Waals surface area contributed by atoms with Crippen LogP contribution < -0.4 is 5.32 Å². The number of amides is 3. The van der Waals surface area contributed by atoms with Crippen molar-refractivity contribution < 1.29 is 14.3 Å². The molecule has 1 aliphatic heterocycles. The Bertz CT molecular complexity index is 600. The van der Waals surface area contributed by atoms with Gasteiger partial charge in [-0.25, -0.2) is 14.6 Å². The molecular weight excluding hydrogens is 376 g/mol. The van der Waals surface area contributed by atoms with E-state index in [0.29, 0.717) is 25.5 Å². The number of nitrogens with zero attached hydrogens (tertiary/aromatic N) is 3. The van der Waals surface area contributed by atoms with Crippen LogP contribution in [0.15, 0.2) is 22.8 Å². The zero-order valence-electron chi connectivity index (χ0n) is 14.4. The topological polar surface area (TPSA) is 74.8 Å². The molecule has 0 aliphatic carbocycles. The number of aromatic nitrogens is 1. The third-order valence-corrected chi connectivity index (χ3v) is 3.97. The Morgan fingerprint density at radius 3 is 2.58 bits per heavy atom. The second-order valence-corrected chi connectivity index (χ2v) is 7.68. The Morgan fingerprint density at radius 2 is 2.04 bits per heavy atom. The lowest BCUT2D eigenvalue weighted by Gasteiger charge is -2.40. The van der Waals surface area contributed by atoms with Crippen LogP contribution in [0, 0.1) is 0 Å². The van der Waals surface area contributed by atoms with E-state index in [1.165, 1.54) is 0 Å². The van der Waals surface area contributed by atoms with Gasteiger partial charge in [-0.15, -0.1) is 0 Å². The molecule has 8 heteroatoms. The number of carbonyl (C=O) groups excluding carboxylic acids is 2. The molecule has 1 aromatic heterocycles. The summed E-state index contributed by atoms with van der Waals surface area (Å²) in [5.74, 6) is 0.491. The van der Waals surface area contributed by atoms with Crippen LogP contribution in [0.5, 0.6) is 0 Å². The number of urea groups is 1. The minimum Gasteiger partial charge on any atom is -0.444 e. The fourth-order valence-electron chi connectivity index (χ4n) is 2.37. The Morgan fingerprint density at radius 1 is 1.33 bits per heavy atom. The molecule has 0 saturated carbocycles. The van der Waals surface area contributed by atoms with Crippen LogP contribution in [-0.2, 0) is 4.74 Å². The first-order valence-electron chi connectivity index (χ1n) is 7.83. The van der Waals surface area contributed by atoms with E-state index in [0.717, 1.165) is 4.47 Å². The summed E-state index contributed by atoms with van der Waals surface area (Å²) < 4.78 is 6.25. The number of anilines is 1. The van der Waals surface area contributed by atoms with Gasteiger partial charge >= 0.3 is 12.1 Å². The summed E-state index contributed by atoms with van der Waals surface area (Å²) in [7, 11) is 0. The molecule has 1 atom stereocenters. The van der Waals surface area contributed by atoms with Gasteiger partial charge in [0.05, 0.1) is 0 Å². The van der Waals surface area contributed by atoms with Crippen molar-refractivity contribution in [2.24, 2.45) is 0 Å². The smallest absolute Gasteiger partial charge is 0.410 e. The van der Waals surface area contributed by atoms with Gasteiger partial charge in [0.25, 0.3) is 0 Å². The molecule has 0 bridgehead atoms. The number of pyridine rings is 1. The average molecular weight is 399 g/mol. The molecule has 0 aromatic carbocycles. The van der Waals surface area contributed by atoms with Gasteiger partial charge in [-0.2, -0.15) is 0 Å². The van der Waals surface area contributed by atoms with Crippen LogP contribution in [0.3, 0.4) is 0 Å². The summed E-state index contributed by atoms with van der Waals surface area (Å²) >= 11 is 3.30. The average Bonchev–Trinajstić information content (AvgIpc) is 2.47. The molecule has 1 fully saturated rings. The molecule has 1 saturated heterocycles. The van der Waals surface area contributed by atoms with Crippen LogP contribution >= 0.6 is 15.9 Å². The van der Waals surface area contributed by atoms with E-state index in [4.69, 9.17) is 4.74 Å². The van der Waals surface area contributed by atoms with E-state index in [2.05, 4.69) is 26.2 Å². The first-order chi connectivity index (χ1) is 11.2. The number of nitrogens with one attached hydrogen (secondary N) is 1. The van der Waals surface area contributed by atoms with Gasteiger partial charge in [-0.1, -0.05) is 0 Å². The van der Waals surface area contributed by atoms with E-state index < -0.39 is 5.60 Å². The molecule has 132 valence electrons. The predicted octanol–water partition coefficient (Wildman–Crippen LogP) is 3.32. The second-order valence-electron chi connectivity index (χ2n) is 6.76. The minimum absolute atomic E-state index is 0.114. The largest absolute Gasteiger partial charge is 0.444 e. The zero-order valence-corrected chi connectivity index (χ0v) is 16.0. The van der Waals surface area contributed by atoms with Gasteiger partial charge in [0, 0.05) is 36.3 Å². The van der Waals surface area contributed by atoms with Crippen LogP contribution in [0.25, 0.3) is 0 Å². The van der Waals surface area contributed by atoms with E-state index in [-0.39, 0.29) is 18.2 Å². The minimum atomic E-state index is -0.529. The summed E-state index contributed by atoms with van der Waals surface area (Å²) in [6, 6.07) is 3.20. The predicted molar refractivity (Wildman–Crippen MR) is 94.9 cm³/mol. The van der Waals surface area contributed by atoms with Crippen molar-refractivity contribution in [2.75, 3.05) is 25.0 Å². The quantitative estimate of drug-likeness (QED) is 0.786. The van der Waals surface area contributed by atoms with Gasteiger partial charge in [0.1, 0.15) is 11.4 Å². The van der Waals surface area contributed by atoms with Gasteiger partial charge in [0.2, 0.25) is 0 Å². The summed E-state index contributed by atoms with van der Waals surface area (Å²) in [5, 5.41) is 2.76. The van der Waals surface area contributed by atoms with Crippen molar-refractivity contribution in [3.63, 3.8) is 0 Å². The maximum atomic E-state index is 12.3. The van der Waals surface area contributed by atoms with Crippen LogP contribution in [-0.4, -0.2) is 58.2 Å². The number of piperazine rings is 1. The monoisotopic (exact) mass is 398 g/mol. The molecule has 0 spiro atoms. The van der Waals surface area contributed by atoms with E-state index in [1.54, 1.807) is 22.1 Å². The molecular formula is C16H23BrN4O3. The molecule has 1 aliphatic rings. The maximum absolute atomic E-state index is 12.3. The van der Waals surface area contributed by atoms with Crippen molar-refractivity contribution in [1.82, 2.24) is 14.8 Å². The number of halogens is 1. The highest BCUT2D eigenvalue weighted by Gasteiger charge is 2.32. The molecule has 3 amide bonds. The maximum Gasteiger partial charge on any atom is 0.410 e. The summed E-state index contributed by atoms with van der Waals surface area (Å²) in [6.45, 7) is 8.76. The normalized spacial score (nSPS) is 18.3. The number of carbonyl (C=O) groups is 2. The van der Waals surface area contributed by atoms with E-state index in [1.807, 2.05) is 33.8 Å². The van der Waals surface area contributed by atoms with Crippen LogP contribution in [0.2, 0.25) is 0 Å². The fourth-order valence-corrected chi connectivity index (χ4v) is 2.61. The number of rotatable bonds is 1. The first kappa shape index (κ1) is 18.5. The molecule has 1 N–H and O–H groups in total. The lowest BCUT2D eigenvalue weighted by Crippen LogP contribution is -2.57. The standard InChI is InChI=1S/C16H23BrN4O3/c1-11-10-20(7-8-21(11)15(23)24-16(2,3)4)14(22)19-13-6-5-12(17)9-18-13/h5-6,9,11H,7-8,10H2,1-4H3,(H,18,19,22). The van der Waals surface area contributed by atoms with Gasteiger partial charge in [-0.05, 0) is 55.8 Å². The molecule has 1 aromatic rings. The zero-order chi connectivity index (χ0) is 17.9. The Labute approximate surface area is 150 Å². The van der Waals surface area contributed by atoms with Crippen molar-refractivity contribution >= 4 is 33.9 Å². The van der Waals surface area contributed by atoms with E-state index in [9.17, 15) is 9.59 Å². The number of hydrogen-bond acceptors (Lipinski definition) is 4. The fraction of sp³-hybridized carbons (Fsp3) is 0.562. The van der Waals surface area contributed by atoms with Crippen LogP contribution in [0.1, 0.15) is 27.7 Å². The number of hydrogen-bond donors (Lipinski definition) is 1. The van der Waals surface area contributed by atoms with Crippen LogP contribution in [0.4, 0.5) is 15.4 Å². The van der Waals surface area contributed by atoms with E-state index >= 15 is 0 Å². The summed E-state index contributed by atoms with van der Waals surface area (Å²) in [5.41, 5.74) is -0.529. The van der Waals surface area contributed by atoms with Gasteiger partial charge in [-0.3, -0.25) is 5.32 Å². The van der Waals surface area contributed by atoms with Gasteiger partial charge in [0.15, 0.2) is 0 Å².